The Bertz CT molecular complexity index is 553. The fourth-order valence-corrected chi connectivity index (χ4v) is 3.23. The highest BCUT2D eigenvalue weighted by molar-refractivity contribution is 14.1. The second kappa shape index (κ2) is 7.25. The van der Waals surface area contributed by atoms with Gasteiger partial charge in [-0.2, -0.15) is 0 Å². The fourth-order valence-electron chi connectivity index (χ4n) is 2.52. The van der Waals surface area contributed by atoms with Gasteiger partial charge in [0, 0.05) is 42.0 Å². The largest absolute Gasteiger partial charge is 0.444 e. The van der Waals surface area contributed by atoms with E-state index < -0.39 is 5.60 Å². The summed E-state index contributed by atoms with van der Waals surface area (Å²) in [6, 6.07) is 4.24. The van der Waals surface area contributed by atoms with E-state index in [1.165, 1.54) is 9.13 Å². The van der Waals surface area contributed by atoms with E-state index in [0.717, 1.165) is 30.9 Å². The van der Waals surface area contributed by atoms with Crippen LogP contribution in [0, 0.1) is 10.5 Å². The number of hydrogen-bond acceptors (Lipinski definition) is 4. The summed E-state index contributed by atoms with van der Waals surface area (Å²) in [6.45, 7) is 11.7. The van der Waals surface area contributed by atoms with Crippen molar-refractivity contribution in [2.75, 3.05) is 31.9 Å². The van der Waals surface area contributed by atoms with Gasteiger partial charge in [0.15, 0.2) is 0 Å². The van der Waals surface area contributed by atoms with Gasteiger partial charge in [-0.1, -0.05) is 0 Å². The topological polar surface area (TPSA) is 58.8 Å². The van der Waals surface area contributed by atoms with Crippen LogP contribution in [0.4, 0.5) is 10.5 Å². The number of rotatable bonds is 2. The predicted molar refractivity (Wildman–Crippen MR) is 101 cm³/mol. The molecule has 0 aromatic heterocycles. The number of benzene rings is 1. The van der Waals surface area contributed by atoms with Crippen LogP contribution in [0.1, 0.15) is 31.9 Å². The van der Waals surface area contributed by atoms with Crippen molar-refractivity contribution < 1.29 is 9.53 Å². The lowest BCUT2D eigenvalue weighted by Gasteiger charge is -2.35. The fraction of sp³-hybridized carbons (Fsp3) is 0.588. The number of anilines is 1. The Balaban J connectivity index is 1.89. The molecule has 1 amide bonds. The molecule has 1 aromatic carbocycles. The highest BCUT2D eigenvalue weighted by Crippen LogP contribution is 2.22. The molecule has 5 nitrogen and oxygen atoms in total. The first-order valence-corrected chi connectivity index (χ1v) is 8.98. The quantitative estimate of drug-likeness (QED) is 0.577. The van der Waals surface area contributed by atoms with Gasteiger partial charge >= 0.3 is 6.09 Å². The Labute approximate surface area is 152 Å². The SMILES string of the molecule is Cc1c(N)cc(CN2CCN(C(=O)OC(C)(C)C)CC2)cc1I. The van der Waals surface area contributed by atoms with E-state index in [0.29, 0.717) is 13.1 Å². The molecule has 0 unspecified atom stereocenters. The first-order valence-electron chi connectivity index (χ1n) is 7.90. The molecule has 2 N–H and O–H groups in total. The number of carbonyl (C=O) groups excluding carboxylic acids is 1. The predicted octanol–water partition coefficient (Wildman–Crippen LogP) is 3.23. The summed E-state index contributed by atoms with van der Waals surface area (Å²) in [4.78, 5) is 16.2. The van der Waals surface area contributed by atoms with Gasteiger partial charge in [0.1, 0.15) is 5.60 Å². The lowest BCUT2D eigenvalue weighted by Crippen LogP contribution is -2.49. The summed E-state index contributed by atoms with van der Waals surface area (Å²) >= 11 is 2.33. The van der Waals surface area contributed by atoms with Crippen molar-refractivity contribution in [3.05, 3.63) is 26.8 Å². The molecular weight excluding hydrogens is 405 g/mol. The van der Waals surface area contributed by atoms with Crippen molar-refractivity contribution in [1.29, 1.82) is 0 Å². The molecule has 0 spiro atoms. The van der Waals surface area contributed by atoms with Gasteiger partial charge in [0.2, 0.25) is 0 Å². The molecule has 1 aliphatic rings. The number of nitrogen functional groups attached to an aromatic ring is 1. The van der Waals surface area contributed by atoms with Gasteiger partial charge < -0.3 is 15.4 Å². The number of nitrogens with zero attached hydrogens (tertiary/aromatic N) is 2. The first-order chi connectivity index (χ1) is 10.7. The normalized spacial score (nSPS) is 16.5. The number of carbonyl (C=O) groups is 1. The number of nitrogens with two attached hydrogens (primary N) is 1. The molecule has 128 valence electrons. The molecule has 2 rings (SSSR count). The third-order valence-corrected chi connectivity index (χ3v) is 4.99. The van der Waals surface area contributed by atoms with Crippen molar-refractivity contribution in [2.45, 2.75) is 39.8 Å². The standard InChI is InChI=1S/C17H26IN3O2/c1-12-14(18)9-13(10-15(12)19)11-20-5-7-21(8-6-20)16(22)23-17(2,3)4/h9-10H,5-8,11,19H2,1-4H3. The van der Waals surface area contributed by atoms with Gasteiger partial charge in [-0.05, 0) is 73.5 Å². The van der Waals surface area contributed by atoms with Crippen LogP contribution in [-0.4, -0.2) is 47.7 Å². The molecule has 1 fully saturated rings. The number of ether oxygens (including phenoxy) is 1. The molecule has 0 saturated carbocycles. The van der Waals surface area contributed by atoms with Crippen LogP contribution >= 0.6 is 22.6 Å². The van der Waals surface area contributed by atoms with Gasteiger partial charge in [-0.3, -0.25) is 4.90 Å². The Morgan fingerprint density at radius 1 is 1.26 bits per heavy atom. The van der Waals surface area contributed by atoms with Crippen molar-refractivity contribution in [1.82, 2.24) is 9.80 Å². The summed E-state index contributed by atoms with van der Waals surface area (Å²) in [5, 5.41) is 0. The third kappa shape index (κ3) is 5.24. The summed E-state index contributed by atoms with van der Waals surface area (Å²) < 4.78 is 6.63. The van der Waals surface area contributed by atoms with Crippen molar-refractivity contribution in [3.63, 3.8) is 0 Å². The van der Waals surface area contributed by atoms with Crippen LogP contribution in [0.15, 0.2) is 12.1 Å². The van der Waals surface area contributed by atoms with Gasteiger partial charge in [0.25, 0.3) is 0 Å². The van der Waals surface area contributed by atoms with Crippen molar-refractivity contribution in [2.24, 2.45) is 0 Å². The second-order valence-corrected chi connectivity index (χ2v) is 8.20. The van der Waals surface area contributed by atoms with E-state index in [1.54, 1.807) is 4.90 Å². The minimum Gasteiger partial charge on any atom is -0.444 e. The number of amides is 1. The monoisotopic (exact) mass is 431 g/mol. The van der Waals surface area contributed by atoms with Gasteiger partial charge in [-0.25, -0.2) is 4.79 Å². The van der Waals surface area contributed by atoms with Crippen LogP contribution < -0.4 is 5.73 Å². The number of halogens is 1. The maximum Gasteiger partial charge on any atom is 0.410 e. The maximum atomic E-state index is 12.1. The highest BCUT2D eigenvalue weighted by atomic mass is 127. The van der Waals surface area contributed by atoms with Crippen LogP contribution in [0.25, 0.3) is 0 Å². The van der Waals surface area contributed by atoms with Crippen molar-refractivity contribution in [3.8, 4) is 0 Å². The van der Waals surface area contributed by atoms with E-state index in [4.69, 9.17) is 10.5 Å². The van der Waals surface area contributed by atoms with Gasteiger partial charge in [-0.15, -0.1) is 0 Å². The Kier molecular flexibility index (Phi) is 5.78. The Hall–Kier alpha value is -1.02. The zero-order valence-corrected chi connectivity index (χ0v) is 16.5. The van der Waals surface area contributed by atoms with E-state index in [1.807, 2.05) is 27.7 Å². The highest BCUT2D eigenvalue weighted by Gasteiger charge is 2.25. The van der Waals surface area contributed by atoms with Gasteiger partial charge in [0.05, 0.1) is 0 Å². The van der Waals surface area contributed by atoms with Crippen LogP contribution in [0.3, 0.4) is 0 Å². The van der Waals surface area contributed by atoms with Crippen LogP contribution in [0.5, 0.6) is 0 Å². The molecule has 1 heterocycles. The average molecular weight is 431 g/mol. The lowest BCUT2D eigenvalue weighted by atomic mass is 10.1. The Morgan fingerprint density at radius 3 is 2.39 bits per heavy atom. The second-order valence-electron chi connectivity index (χ2n) is 7.04. The molecule has 0 atom stereocenters. The summed E-state index contributed by atoms with van der Waals surface area (Å²) in [7, 11) is 0. The Morgan fingerprint density at radius 2 is 1.87 bits per heavy atom. The van der Waals surface area contributed by atoms with E-state index in [2.05, 4.69) is 39.6 Å². The maximum absolute atomic E-state index is 12.1. The van der Waals surface area contributed by atoms with Crippen LogP contribution in [-0.2, 0) is 11.3 Å². The van der Waals surface area contributed by atoms with Crippen LogP contribution in [0.2, 0.25) is 0 Å². The molecule has 0 bridgehead atoms. The molecule has 0 radical (unpaired) electrons. The molecule has 23 heavy (non-hydrogen) atoms. The van der Waals surface area contributed by atoms with E-state index in [9.17, 15) is 4.79 Å². The van der Waals surface area contributed by atoms with E-state index >= 15 is 0 Å². The zero-order valence-electron chi connectivity index (χ0n) is 14.4. The molecule has 0 aliphatic carbocycles. The third-order valence-electron chi connectivity index (χ3n) is 3.87. The minimum atomic E-state index is -0.440. The average Bonchev–Trinajstić information content (AvgIpc) is 2.43. The molecule has 1 aliphatic heterocycles. The van der Waals surface area contributed by atoms with E-state index in [-0.39, 0.29) is 6.09 Å². The molecule has 6 heteroatoms. The zero-order chi connectivity index (χ0) is 17.2. The smallest absolute Gasteiger partial charge is 0.410 e. The summed E-state index contributed by atoms with van der Waals surface area (Å²) in [5.74, 6) is 0. The molecular formula is C17H26IN3O2. The first kappa shape index (κ1) is 18.3. The lowest BCUT2D eigenvalue weighted by molar-refractivity contribution is 0.0139. The molecule has 1 saturated heterocycles. The summed E-state index contributed by atoms with van der Waals surface area (Å²) in [6.07, 6.45) is -0.216. The van der Waals surface area contributed by atoms with Crippen molar-refractivity contribution >= 4 is 34.4 Å². The molecule has 1 aromatic rings. The number of hydrogen-bond donors (Lipinski definition) is 1. The minimum absolute atomic E-state index is 0.216. The summed E-state index contributed by atoms with van der Waals surface area (Å²) in [5.41, 5.74) is 8.83. The number of piperazine rings is 1.